The average molecular weight is 206 g/mol. The van der Waals surface area contributed by atoms with Crippen LogP contribution in [0.1, 0.15) is 0 Å². The molecule has 0 aromatic carbocycles. The fourth-order valence-electron chi connectivity index (χ4n) is 0.786. The summed E-state index contributed by atoms with van der Waals surface area (Å²) in [6, 6.07) is -2.31. The lowest BCUT2D eigenvalue weighted by Gasteiger charge is -2.17. The molecule has 1 N–H and O–H groups in total. The van der Waals surface area contributed by atoms with Crippen LogP contribution in [-0.4, -0.2) is 30.8 Å². The van der Waals surface area contributed by atoms with Crippen molar-refractivity contribution in [2.24, 2.45) is 4.99 Å². The van der Waals surface area contributed by atoms with Crippen LogP contribution >= 0.6 is 0 Å². The molecule has 0 fully saturated rings. The van der Waals surface area contributed by atoms with Crippen molar-refractivity contribution >= 4 is 6.21 Å². The van der Waals surface area contributed by atoms with Crippen molar-refractivity contribution in [2.45, 2.75) is 24.6 Å². The first-order valence-electron chi connectivity index (χ1n) is 3.14. The standard InChI is InChI=1S/C5H4F6N2/c6-4(7,8)2-1-12-3(13-2)5(9,10)11/h1-3,13H. The van der Waals surface area contributed by atoms with Crippen LogP contribution in [0.3, 0.4) is 0 Å². The topological polar surface area (TPSA) is 24.4 Å². The molecule has 1 aliphatic heterocycles. The minimum Gasteiger partial charge on any atom is -0.273 e. The Kier molecular flexibility index (Phi) is 2.27. The molecular formula is C5H4F6N2. The highest BCUT2D eigenvalue weighted by molar-refractivity contribution is 5.68. The zero-order valence-electron chi connectivity index (χ0n) is 5.95. The number of hydrogen-bond donors (Lipinski definition) is 1. The first kappa shape index (κ1) is 10.3. The summed E-state index contributed by atoms with van der Waals surface area (Å²) in [5.74, 6) is 0. The Morgan fingerprint density at radius 3 is 1.77 bits per heavy atom. The fraction of sp³-hybridized carbons (Fsp3) is 0.800. The van der Waals surface area contributed by atoms with E-state index in [1.54, 1.807) is 0 Å². The van der Waals surface area contributed by atoms with Gasteiger partial charge >= 0.3 is 12.4 Å². The second kappa shape index (κ2) is 2.86. The van der Waals surface area contributed by atoms with E-state index in [-0.39, 0.29) is 6.21 Å². The van der Waals surface area contributed by atoms with Crippen LogP contribution in [0.4, 0.5) is 26.3 Å². The van der Waals surface area contributed by atoms with Crippen LogP contribution in [0.5, 0.6) is 0 Å². The van der Waals surface area contributed by atoms with Crippen molar-refractivity contribution in [1.82, 2.24) is 5.32 Å². The summed E-state index contributed by atoms with van der Waals surface area (Å²) in [5.41, 5.74) is 0. The van der Waals surface area contributed by atoms with Gasteiger partial charge in [0, 0.05) is 6.21 Å². The van der Waals surface area contributed by atoms with Gasteiger partial charge in [0.1, 0.15) is 6.04 Å². The predicted molar refractivity (Wildman–Crippen MR) is 31.3 cm³/mol. The minimum atomic E-state index is -4.78. The summed E-state index contributed by atoms with van der Waals surface area (Å²) in [4.78, 5) is 2.67. The summed E-state index contributed by atoms with van der Waals surface area (Å²) in [5, 5.41) is 1.30. The molecule has 0 spiro atoms. The molecule has 0 bridgehead atoms. The van der Waals surface area contributed by atoms with Crippen LogP contribution in [-0.2, 0) is 0 Å². The Balaban J connectivity index is 2.63. The normalized spacial score (nSPS) is 29.7. The van der Waals surface area contributed by atoms with Crippen molar-refractivity contribution < 1.29 is 26.3 Å². The lowest BCUT2D eigenvalue weighted by molar-refractivity contribution is -0.169. The van der Waals surface area contributed by atoms with E-state index in [0.717, 1.165) is 0 Å². The molecule has 0 aromatic heterocycles. The smallest absolute Gasteiger partial charge is 0.273 e. The maximum atomic E-state index is 11.8. The fourth-order valence-corrected chi connectivity index (χ4v) is 0.786. The monoisotopic (exact) mass is 206 g/mol. The van der Waals surface area contributed by atoms with Gasteiger partial charge in [-0.2, -0.15) is 26.3 Å². The van der Waals surface area contributed by atoms with E-state index in [0.29, 0.717) is 0 Å². The Morgan fingerprint density at radius 2 is 1.54 bits per heavy atom. The first-order valence-corrected chi connectivity index (χ1v) is 3.14. The molecule has 0 radical (unpaired) electrons. The molecule has 0 saturated carbocycles. The molecule has 1 aliphatic rings. The second-order valence-corrected chi connectivity index (χ2v) is 2.43. The van der Waals surface area contributed by atoms with Gasteiger partial charge in [-0.15, -0.1) is 0 Å². The van der Waals surface area contributed by atoms with Crippen molar-refractivity contribution in [3.8, 4) is 0 Å². The maximum Gasteiger partial charge on any atom is 0.424 e. The Bertz CT molecular complexity index is 194. The number of alkyl halides is 6. The molecule has 1 rings (SSSR count). The van der Waals surface area contributed by atoms with Crippen LogP contribution < -0.4 is 5.32 Å². The van der Waals surface area contributed by atoms with Crippen LogP contribution in [0.2, 0.25) is 0 Å². The lowest BCUT2D eigenvalue weighted by atomic mass is 10.3. The van der Waals surface area contributed by atoms with Gasteiger partial charge in [-0.1, -0.05) is 0 Å². The van der Waals surface area contributed by atoms with Crippen LogP contribution in [0.25, 0.3) is 0 Å². The van der Waals surface area contributed by atoms with E-state index in [1.807, 2.05) is 0 Å². The minimum absolute atomic E-state index is 0.220. The number of nitrogens with one attached hydrogen (secondary N) is 1. The molecule has 2 atom stereocenters. The molecule has 2 nitrogen and oxygen atoms in total. The van der Waals surface area contributed by atoms with Gasteiger partial charge in [0.2, 0.25) is 0 Å². The largest absolute Gasteiger partial charge is 0.424 e. The van der Waals surface area contributed by atoms with Gasteiger partial charge in [0.25, 0.3) is 0 Å². The molecule has 0 aromatic rings. The molecule has 1 heterocycles. The predicted octanol–water partition coefficient (Wildman–Crippen LogP) is 1.48. The van der Waals surface area contributed by atoms with Gasteiger partial charge in [0.05, 0.1) is 0 Å². The van der Waals surface area contributed by atoms with Crippen LogP contribution in [0, 0.1) is 0 Å². The van der Waals surface area contributed by atoms with Crippen LogP contribution in [0.15, 0.2) is 4.99 Å². The third-order valence-electron chi connectivity index (χ3n) is 1.38. The number of hydrogen-bond acceptors (Lipinski definition) is 2. The SMILES string of the molecule is FC(F)(F)C1C=NC(C(F)(F)F)N1. The highest BCUT2D eigenvalue weighted by atomic mass is 19.4. The molecular weight excluding hydrogens is 202 g/mol. The number of nitrogens with zero attached hydrogens (tertiary/aromatic N) is 1. The Labute approximate surface area is 68.6 Å². The number of halogens is 6. The van der Waals surface area contributed by atoms with E-state index < -0.39 is 24.6 Å². The lowest BCUT2D eigenvalue weighted by Crippen LogP contribution is -2.47. The van der Waals surface area contributed by atoms with E-state index in [9.17, 15) is 26.3 Å². The van der Waals surface area contributed by atoms with E-state index in [2.05, 4.69) is 4.99 Å². The maximum absolute atomic E-state index is 11.8. The molecule has 2 unspecified atom stereocenters. The summed E-state index contributed by atoms with van der Waals surface area (Å²) in [7, 11) is 0. The van der Waals surface area contributed by atoms with Gasteiger partial charge in [-0.3, -0.25) is 10.3 Å². The zero-order chi connectivity index (χ0) is 10.3. The van der Waals surface area contributed by atoms with Crippen molar-refractivity contribution in [3.63, 3.8) is 0 Å². The summed E-state index contributed by atoms with van der Waals surface area (Å²) < 4.78 is 70.7. The quantitative estimate of drug-likeness (QED) is 0.596. The highest BCUT2D eigenvalue weighted by Gasteiger charge is 2.49. The molecule has 0 saturated heterocycles. The summed E-state index contributed by atoms with van der Waals surface area (Å²) in [6.07, 6.45) is -11.7. The van der Waals surface area contributed by atoms with Crippen molar-refractivity contribution in [2.75, 3.05) is 0 Å². The second-order valence-electron chi connectivity index (χ2n) is 2.43. The number of rotatable bonds is 0. The molecule has 0 amide bonds. The zero-order valence-corrected chi connectivity index (χ0v) is 5.95. The Hall–Kier alpha value is -0.790. The summed E-state index contributed by atoms with van der Waals surface area (Å²) in [6.45, 7) is 0. The molecule has 8 heteroatoms. The van der Waals surface area contributed by atoms with Gasteiger partial charge in [-0.05, 0) is 0 Å². The first-order chi connectivity index (χ1) is 5.71. The third kappa shape index (κ3) is 2.33. The number of aliphatic imine (C=N–C) groups is 1. The van der Waals surface area contributed by atoms with Crippen molar-refractivity contribution in [3.05, 3.63) is 0 Å². The van der Waals surface area contributed by atoms with Gasteiger partial charge in [0.15, 0.2) is 6.17 Å². The molecule has 13 heavy (non-hydrogen) atoms. The summed E-state index contributed by atoms with van der Waals surface area (Å²) >= 11 is 0. The van der Waals surface area contributed by atoms with Crippen molar-refractivity contribution in [1.29, 1.82) is 0 Å². The highest BCUT2D eigenvalue weighted by Crippen LogP contribution is 2.28. The van der Waals surface area contributed by atoms with E-state index >= 15 is 0 Å². The van der Waals surface area contributed by atoms with E-state index in [4.69, 9.17) is 0 Å². The van der Waals surface area contributed by atoms with Gasteiger partial charge < -0.3 is 0 Å². The molecule has 76 valence electrons. The average Bonchev–Trinajstić information content (AvgIpc) is 2.28. The van der Waals surface area contributed by atoms with E-state index in [1.165, 1.54) is 5.32 Å². The third-order valence-corrected chi connectivity index (χ3v) is 1.38. The molecule has 0 aliphatic carbocycles. The van der Waals surface area contributed by atoms with Gasteiger partial charge in [-0.25, -0.2) is 0 Å². The Morgan fingerprint density at radius 1 is 1.00 bits per heavy atom.